The molecule has 0 bridgehead atoms. The second-order valence-corrected chi connectivity index (χ2v) is 7.96. The highest BCUT2D eigenvalue weighted by atomic mass is 32.1. The van der Waals surface area contributed by atoms with Gasteiger partial charge in [0, 0.05) is 50.2 Å². The Labute approximate surface area is 161 Å². The van der Waals surface area contributed by atoms with Crippen LogP contribution in [0.3, 0.4) is 0 Å². The molecule has 3 aromatic heterocycles. The van der Waals surface area contributed by atoms with Crippen LogP contribution in [0.2, 0.25) is 0 Å². The van der Waals surface area contributed by atoms with Gasteiger partial charge in [-0.25, -0.2) is 9.97 Å². The highest BCUT2D eigenvalue weighted by Gasteiger charge is 2.23. The predicted molar refractivity (Wildman–Crippen MR) is 105 cm³/mol. The topological polar surface area (TPSA) is 75.4 Å². The average Bonchev–Trinajstić information content (AvgIpc) is 3.29. The minimum atomic E-state index is 0.112. The minimum Gasteiger partial charge on any atom is -0.356 e. The number of hydrogen-bond donors (Lipinski definition) is 0. The fraction of sp³-hybridized carbons (Fsp3) is 0.368. The summed E-state index contributed by atoms with van der Waals surface area (Å²) in [4.78, 5) is 27.3. The second kappa shape index (κ2) is 7.11. The van der Waals surface area contributed by atoms with E-state index in [2.05, 4.69) is 34.1 Å². The van der Waals surface area contributed by atoms with Crippen LogP contribution in [0.15, 0.2) is 28.9 Å². The molecule has 140 valence electrons. The van der Waals surface area contributed by atoms with Crippen LogP contribution in [0.5, 0.6) is 0 Å². The van der Waals surface area contributed by atoms with Crippen LogP contribution in [0.4, 0.5) is 5.95 Å². The summed E-state index contributed by atoms with van der Waals surface area (Å²) in [5.41, 5.74) is 2.51. The summed E-state index contributed by atoms with van der Waals surface area (Å²) in [5.74, 6) is 1.46. The number of amides is 1. The first-order valence-electron chi connectivity index (χ1n) is 8.89. The summed E-state index contributed by atoms with van der Waals surface area (Å²) in [7, 11) is 0. The summed E-state index contributed by atoms with van der Waals surface area (Å²) in [6, 6.07) is 6.06. The quantitative estimate of drug-likeness (QED) is 0.692. The normalized spacial score (nSPS) is 14.6. The third-order valence-corrected chi connectivity index (χ3v) is 5.66. The van der Waals surface area contributed by atoms with Gasteiger partial charge in [-0.2, -0.15) is 0 Å². The first kappa shape index (κ1) is 17.7. The Morgan fingerprint density at radius 1 is 1.19 bits per heavy atom. The Morgan fingerprint density at radius 2 is 1.96 bits per heavy atom. The fourth-order valence-corrected chi connectivity index (χ4v) is 4.04. The van der Waals surface area contributed by atoms with E-state index in [9.17, 15) is 4.79 Å². The number of carbonyl (C=O) groups is 1. The number of hydrogen-bond acceptors (Lipinski definition) is 7. The molecule has 0 aromatic carbocycles. The molecule has 0 radical (unpaired) electrons. The van der Waals surface area contributed by atoms with Gasteiger partial charge in [0.1, 0.15) is 0 Å². The lowest BCUT2D eigenvalue weighted by atomic mass is 10.1. The maximum Gasteiger partial charge on any atom is 0.226 e. The third-order valence-electron chi connectivity index (χ3n) is 4.65. The number of nitrogens with zero attached hydrogens (tertiary/aromatic N) is 5. The van der Waals surface area contributed by atoms with Gasteiger partial charge in [0.15, 0.2) is 5.76 Å². The summed E-state index contributed by atoms with van der Waals surface area (Å²) < 4.78 is 5.46. The van der Waals surface area contributed by atoms with E-state index in [1.807, 2.05) is 24.1 Å². The number of piperazine rings is 1. The zero-order chi connectivity index (χ0) is 19.0. The molecule has 3 aromatic rings. The van der Waals surface area contributed by atoms with E-state index in [1.165, 1.54) is 4.88 Å². The van der Waals surface area contributed by atoms with Crippen molar-refractivity contribution in [2.75, 3.05) is 31.1 Å². The molecule has 1 fully saturated rings. The summed E-state index contributed by atoms with van der Waals surface area (Å²) in [6.45, 7) is 8.41. The zero-order valence-electron chi connectivity index (χ0n) is 15.6. The van der Waals surface area contributed by atoms with Crippen LogP contribution >= 0.6 is 11.3 Å². The molecule has 1 aliphatic heterocycles. The molecular weight excluding hydrogens is 362 g/mol. The number of thiophene rings is 1. The van der Waals surface area contributed by atoms with E-state index in [-0.39, 0.29) is 5.91 Å². The molecule has 1 amide bonds. The van der Waals surface area contributed by atoms with Crippen molar-refractivity contribution in [3.63, 3.8) is 0 Å². The minimum absolute atomic E-state index is 0.112. The lowest BCUT2D eigenvalue weighted by Gasteiger charge is -2.34. The van der Waals surface area contributed by atoms with Crippen molar-refractivity contribution in [1.29, 1.82) is 0 Å². The van der Waals surface area contributed by atoms with Crippen molar-refractivity contribution >= 4 is 23.2 Å². The van der Waals surface area contributed by atoms with Crippen molar-refractivity contribution < 1.29 is 9.32 Å². The third kappa shape index (κ3) is 3.57. The molecule has 4 heterocycles. The Hall–Kier alpha value is -2.74. The molecule has 1 saturated heterocycles. The summed E-state index contributed by atoms with van der Waals surface area (Å²) >= 11 is 1.69. The van der Waals surface area contributed by atoms with E-state index in [1.54, 1.807) is 18.3 Å². The van der Waals surface area contributed by atoms with Gasteiger partial charge in [-0.3, -0.25) is 4.79 Å². The predicted octanol–water partition coefficient (Wildman–Crippen LogP) is 3.15. The fourth-order valence-electron chi connectivity index (χ4n) is 3.17. The maximum atomic E-state index is 11.5. The number of carbonyl (C=O) groups excluding carboxylic acids is 1. The molecule has 0 saturated carbocycles. The number of aryl methyl sites for hydroxylation is 2. The first-order chi connectivity index (χ1) is 13.0. The van der Waals surface area contributed by atoms with E-state index < -0.39 is 0 Å². The average molecular weight is 383 g/mol. The van der Waals surface area contributed by atoms with E-state index in [0.29, 0.717) is 24.8 Å². The molecule has 27 heavy (non-hydrogen) atoms. The van der Waals surface area contributed by atoms with Gasteiger partial charge in [0.05, 0.1) is 21.8 Å². The molecule has 0 N–H and O–H groups in total. The zero-order valence-corrected chi connectivity index (χ0v) is 16.4. The SMILES string of the molecule is CC(=O)N1CCN(c2ncc(-c3cc(C)no3)c(-c3ccc(C)s3)n2)CC1. The molecule has 1 aliphatic rings. The Bertz CT molecular complexity index is 972. The van der Waals surface area contributed by atoms with E-state index in [0.717, 1.165) is 34.9 Å². The van der Waals surface area contributed by atoms with Gasteiger partial charge in [-0.05, 0) is 26.0 Å². The van der Waals surface area contributed by atoms with Gasteiger partial charge >= 0.3 is 0 Å². The Balaban J connectivity index is 1.70. The lowest BCUT2D eigenvalue weighted by molar-refractivity contribution is -0.129. The number of aromatic nitrogens is 3. The van der Waals surface area contributed by atoms with Crippen LogP contribution < -0.4 is 4.90 Å². The highest BCUT2D eigenvalue weighted by molar-refractivity contribution is 7.15. The van der Waals surface area contributed by atoms with Gasteiger partial charge in [-0.1, -0.05) is 5.16 Å². The smallest absolute Gasteiger partial charge is 0.226 e. The van der Waals surface area contributed by atoms with E-state index >= 15 is 0 Å². The molecule has 8 heteroatoms. The molecule has 7 nitrogen and oxygen atoms in total. The van der Waals surface area contributed by atoms with Gasteiger partial charge < -0.3 is 14.3 Å². The van der Waals surface area contributed by atoms with Crippen molar-refractivity contribution in [2.45, 2.75) is 20.8 Å². The molecular formula is C19H21N5O2S. The first-order valence-corrected chi connectivity index (χ1v) is 9.71. The standard InChI is InChI=1S/C19H21N5O2S/c1-12-10-16(26-22-12)15-11-20-19(21-18(15)17-5-4-13(2)27-17)24-8-6-23(7-9-24)14(3)25/h4-5,10-11H,6-9H2,1-3H3. The van der Waals surface area contributed by atoms with Crippen molar-refractivity contribution in [2.24, 2.45) is 0 Å². The van der Waals surface area contributed by atoms with Crippen molar-refractivity contribution in [3.05, 3.63) is 35.0 Å². The maximum absolute atomic E-state index is 11.5. The molecule has 0 aliphatic carbocycles. The molecule has 0 atom stereocenters. The Kier molecular flexibility index (Phi) is 4.65. The van der Waals surface area contributed by atoms with Crippen LogP contribution in [0.1, 0.15) is 17.5 Å². The van der Waals surface area contributed by atoms with Crippen molar-refractivity contribution in [1.82, 2.24) is 20.0 Å². The largest absolute Gasteiger partial charge is 0.356 e. The van der Waals surface area contributed by atoms with Gasteiger partial charge in [0.2, 0.25) is 11.9 Å². The molecule has 0 unspecified atom stereocenters. The lowest BCUT2D eigenvalue weighted by Crippen LogP contribution is -2.48. The monoisotopic (exact) mass is 383 g/mol. The second-order valence-electron chi connectivity index (χ2n) is 6.67. The van der Waals surface area contributed by atoms with Crippen LogP contribution in [-0.2, 0) is 4.79 Å². The Morgan fingerprint density at radius 3 is 2.56 bits per heavy atom. The molecule has 0 spiro atoms. The molecule has 4 rings (SSSR count). The van der Waals surface area contributed by atoms with Crippen molar-refractivity contribution in [3.8, 4) is 21.9 Å². The van der Waals surface area contributed by atoms with E-state index in [4.69, 9.17) is 9.51 Å². The van der Waals surface area contributed by atoms with Gasteiger partial charge in [0.25, 0.3) is 0 Å². The van der Waals surface area contributed by atoms with Crippen LogP contribution in [0, 0.1) is 13.8 Å². The van der Waals surface area contributed by atoms with Crippen LogP contribution in [-0.4, -0.2) is 52.1 Å². The van der Waals surface area contributed by atoms with Gasteiger partial charge in [-0.15, -0.1) is 11.3 Å². The highest BCUT2D eigenvalue weighted by Crippen LogP contribution is 2.35. The summed E-state index contributed by atoms with van der Waals surface area (Å²) in [6.07, 6.45) is 1.81. The number of rotatable bonds is 3. The number of anilines is 1. The summed E-state index contributed by atoms with van der Waals surface area (Å²) in [5, 5.41) is 4.00. The van der Waals surface area contributed by atoms with Crippen LogP contribution in [0.25, 0.3) is 21.9 Å².